The minimum Gasteiger partial charge on any atom is -0.378 e. The number of nitrogens with two attached hydrogens (primary N) is 1. The molecule has 1 aliphatic heterocycles. The summed E-state index contributed by atoms with van der Waals surface area (Å²) in [4.78, 5) is 14.3. The summed E-state index contributed by atoms with van der Waals surface area (Å²) in [5, 5.41) is 2.95. The zero-order chi connectivity index (χ0) is 14.5. The lowest BCUT2D eigenvalue weighted by molar-refractivity contribution is -0.126. The first kappa shape index (κ1) is 16.4. The highest BCUT2D eigenvalue weighted by atomic mass is 16.5. The summed E-state index contributed by atoms with van der Waals surface area (Å²) in [5.74, 6) is -0.0552. The molecule has 112 valence electrons. The quantitative estimate of drug-likeness (QED) is 0.747. The van der Waals surface area contributed by atoms with E-state index in [9.17, 15) is 4.79 Å². The Morgan fingerprint density at radius 1 is 1.53 bits per heavy atom. The van der Waals surface area contributed by atoms with Crippen LogP contribution in [0.1, 0.15) is 40.5 Å². The van der Waals surface area contributed by atoms with E-state index in [2.05, 4.69) is 24.1 Å². The summed E-state index contributed by atoms with van der Waals surface area (Å²) in [7, 11) is 0. The summed E-state index contributed by atoms with van der Waals surface area (Å²) in [6, 6.07) is 0. The number of morpholine rings is 1. The number of ether oxygens (including phenoxy) is 1. The maximum atomic E-state index is 12.0. The van der Waals surface area contributed by atoms with E-state index in [1.807, 2.05) is 6.92 Å². The predicted molar refractivity (Wildman–Crippen MR) is 77.0 cm³/mol. The number of nitrogens with zero attached hydrogens (tertiary/aromatic N) is 1. The van der Waals surface area contributed by atoms with Gasteiger partial charge in [0, 0.05) is 25.2 Å². The zero-order valence-electron chi connectivity index (χ0n) is 12.8. The van der Waals surface area contributed by atoms with Crippen molar-refractivity contribution in [2.75, 3.05) is 32.8 Å². The standard InChI is InChI=1S/C14H29N3O2/c1-5-6-14(4,15)12(18)16-7-8-17-9-10-19-11-13(17,2)3/h5-11,15H2,1-4H3,(H,16,18). The van der Waals surface area contributed by atoms with Crippen molar-refractivity contribution in [3.05, 3.63) is 0 Å². The van der Waals surface area contributed by atoms with Crippen LogP contribution in [0.2, 0.25) is 0 Å². The SMILES string of the molecule is CCCC(C)(N)C(=O)NCCN1CCOCC1(C)C. The highest BCUT2D eigenvalue weighted by Crippen LogP contribution is 2.18. The molecule has 0 aromatic carbocycles. The lowest BCUT2D eigenvalue weighted by Gasteiger charge is -2.42. The van der Waals surface area contributed by atoms with Crippen LogP contribution in [0, 0.1) is 0 Å². The number of hydrogen-bond donors (Lipinski definition) is 2. The van der Waals surface area contributed by atoms with Crippen LogP contribution in [0.3, 0.4) is 0 Å². The van der Waals surface area contributed by atoms with Crippen LogP contribution < -0.4 is 11.1 Å². The number of carbonyl (C=O) groups is 1. The monoisotopic (exact) mass is 271 g/mol. The number of hydrogen-bond acceptors (Lipinski definition) is 4. The Kier molecular flexibility index (Phi) is 5.77. The van der Waals surface area contributed by atoms with Crippen LogP contribution in [-0.4, -0.2) is 54.7 Å². The molecule has 0 spiro atoms. The van der Waals surface area contributed by atoms with Gasteiger partial charge in [-0.05, 0) is 27.2 Å². The second kappa shape index (κ2) is 6.68. The molecule has 0 saturated carbocycles. The lowest BCUT2D eigenvalue weighted by atomic mass is 9.96. The Bertz CT molecular complexity index is 303. The highest BCUT2D eigenvalue weighted by Gasteiger charge is 2.31. The highest BCUT2D eigenvalue weighted by molar-refractivity contribution is 5.85. The normalized spacial score (nSPS) is 22.8. The van der Waals surface area contributed by atoms with Gasteiger partial charge in [0.15, 0.2) is 0 Å². The fourth-order valence-electron chi connectivity index (χ4n) is 2.44. The van der Waals surface area contributed by atoms with Crippen molar-refractivity contribution in [2.24, 2.45) is 5.73 Å². The molecule has 1 amide bonds. The molecule has 0 aliphatic carbocycles. The molecule has 1 heterocycles. The van der Waals surface area contributed by atoms with E-state index >= 15 is 0 Å². The molecule has 5 heteroatoms. The first-order valence-corrected chi connectivity index (χ1v) is 7.19. The Balaban J connectivity index is 2.35. The summed E-state index contributed by atoms with van der Waals surface area (Å²) < 4.78 is 5.48. The third-order valence-corrected chi connectivity index (χ3v) is 3.77. The van der Waals surface area contributed by atoms with Crippen LogP contribution >= 0.6 is 0 Å². The van der Waals surface area contributed by atoms with Gasteiger partial charge in [0.1, 0.15) is 0 Å². The molecule has 19 heavy (non-hydrogen) atoms. The third-order valence-electron chi connectivity index (χ3n) is 3.77. The van der Waals surface area contributed by atoms with Crippen molar-refractivity contribution in [3.63, 3.8) is 0 Å². The molecule has 3 N–H and O–H groups in total. The van der Waals surface area contributed by atoms with Gasteiger partial charge in [0.25, 0.3) is 0 Å². The molecule has 1 fully saturated rings. The Hall–Kier alpha value is -0.650. The molecular formula is C14H29N3O2. The average Bonchev–Trinajstić information content (AvgIpc) is 2.30. The molecule has 1 saturated heterocycles. The van der Waals surface area contributed by atoms with E-state index < -0.39 is 5.54 Å². The predicted octanol–water partition coefficient (Wildman–Crippen LogP) is 0.731. The zero-order valence-corrected chi connectivity index (χ0v) is 12.8. The van der Waals surface area contributed by atoms with Crippen molar-refractivity contribution in [1.29, 1.82) is 0 Å². The molecule has 1 rings (SSSR count). The molecular weight excluding hydrogens is 242 g/mol. The maximum absolute atomic E-state index is 12.0. The number of nitrogens with one attached hydrogen (secondary N) is 1. The fraction of sp³-hybridized carbons (Fsp3) is 0.929. The third kappa shape index (κ3) is 4.75. The number of carbonyl (C=O) groups excluding carboxylic acids is 1. The van der Waals surface area contributed by atoms with E-state index in [0.717, 1.165) is 32.7 Å². The largest absolute Gasteiger partial charge is 0.378 e. The Morgan fingerprint density at radius 3 is 2.79 bits per heavy atom. The van der Waals surface area contributed by atoms with Crippen molar-refractivity contribution < 1.29 is 9.53 Å². The summed E-state index contributed by atoms with van der Waals surface area (Å²) in [6.07, 6.45) is 1.62. The Morgan fingerprint density at radius 2 is 2.21 bits per heavy atom. The molecule has 1 atom stereocenters. The van der Waals surface area contributed by atoms with Gasteiger partial charge >= 0.3 is 0 Å². The molecule has 0 aromatic heterocycles. The Labute approximate surface area is 116 Å². The van der Waals surface area contributed by atoms with Gasteiger partial charge in [-0.25, -0.2) is 0 Å². The minimum absolute atomic E-state index is 0.0401. The van der Waals surface area contributed by atoms with Gasteiger partial charge in [-0.15, -0.1) is 0 Å². The van der Waals surface area contributed by atoms with Crippen LogP contribution in [0.15, 0.2) is 0 Å². The van der Waals surface area contributed by atoms with E-state index in [1.54, 1.807) is 6.92 Å². The van der Waals surface area contributed by atoms with Gasteiger partial charge in [0.2, 0.25) is 5.91 Å². The molecule has 5 nitrogen and oxygen atoms in total. The molecule has 1 aliphatic rings. The molecule has 0 bridgehead atoms. The average molecular weight is 271 g/mol. The minimum atomic E-state index is -0.755. The lowest BCUT2D eigenvalue weighted by Crippen LogP contribution is -2.56. The first-order valence-electron chi connectivity index (χ1n) is 7.19. The number of amides is 1. The van der Waals surface area contributed by atoms with Gasteiger partial charge in [-0.3, -0.25) is 9.69 Å². The maximum Gasteiger partial charge on any atom is 0.239 e. The second-order valence-corrected chi connectivity index (χ2v) is 6.28. The van der Waals surface area contributed by atoms with E-state index in [1.165, 1.54) is 0 Å². The van der Waals surface area contributed by atoms with Gasteiger partial charge in [-0.2, -0.15) is 0 Å². The van der Waals surface area contributed by atoms with E-state index in [0.29, 0.717) is 13.0 Å². The van der Waals surface area contributed by atoms with Crippen molar-refractivity contribution in [1.82, 2.24) is 10.2 Å². The van der Waals surface area contributed by atoms with Crippen molar-refractivity contribution in [2.45, 2.75) is 51.6 Å². The molecule has 0 radical (unpaired) electrons. The topological polar surface area (TPSA) is 67.6 Å². The van der Waals surface area contributed by atoms with Crippen LogP contribution in [-0.2, 0) is 9.53 Å². The first-order chi connectivity index (χ1) is 8.79. The fourth-order valence-corrected chi connectivity index (χ4v) is 2.44. The summed E-state index contributed by atoms with van der Waals surface area (Å²) >= 11 is 0. The van der Waals surface area contributed by atoms with Gasteiger partial charge in [-0.1, -0.05) is 13.3 Å². The van der Waals surface area contributed by atoms with Crippen molar-refractivity contribution in [3.8, 4) is 0 Å². The summed E-state index contributed by atoms with van der Waals surface area (Å²) in [5.41, 5.74) is 5.28. The number of rotatable bonds is 6. The second-order valence-electron chi connectivity index (χ2n) is 6.28. The summed E-state index contributed by atoms with van der Waals surface area (Å²) in [6.45, 7) is 12.1. The van der Waals surface area contributed by atoms with Gasteiger partial charge < -0.3 is 15.8 Å². The molecule has 1 unspecified atom stereocenters. The van der Waals surface area contributed by atoms with Gasteiger partial charge in [0.05, 0.1) is 18.8 Å². The van der Waals surface area contributed by atoms with Crippen LogP contribution in [0.25, 0.3) is 0 Å². The molecule has 0 aromatic rings. The van der Waals surface area contributed by atoms with Crippen molar-refractivity contribution >= 4 is 5.91 Å². The van der Waals surface area contributed by atoms with E-state index in [-0.39, 0.29) is 11.4 Å². The van der Waals surface area contributed by atoms with Crippen LogP contribution in [0.4, 0.5) is 0 Å². The van der Waals surface area contributed by atoms with E-state index in [4.69, 9.17) is 10.5 Å². The van der Waals surface area contributed by atoms with Crippen LogP contribution in [0.5, 0.6) is 0 Å². The smallest absolute Gasteiger partial charge is 0.239 e.